The van der Waals surface area contributed by atoms with E-state index in [0.717, 1.165) is 22.9 Å². The van der Waals surface area contributed by atoms with Crippen LogP contribution in [0.15, 0.2) is 16.6 Å². The fourth-order valence-electron chi connectivity index (χ4n) is 2.77. The second kappa shape index (κ2) is 5.93. The van der Waals surface area contributed by atoms with E-state index in [1.54, 1.807) is 13.2 Å². The van der Waals surface area contributed by atoms with Gasteiger partial charge in [-0.2, -0.15) is 0 Å². The lowest BCUT2D eigenvalue weighted by atomic mass is 9.81. The van der Waals surface area contributed by atoms with Crippen molar-refractivity contribution in [2.24, 2.45) is 11.7 Å². The molecule has 0 unspecified atom stereocenters. The second-order valence-corrected chi connectivity index (χ2v) is 5.79. The minimum Gasteiger partial charge on any atom is -0.504 e. The van der Waals surface area contributed by atoms with Gasteiger partial charge in [-0.1, -0.05) is 35.2 Å². The summed E-state index contributed by atoms with van der Waals surface area (Å²) in [5, 5.41) is 10.2. The van der Waals surface area contributed by atoms with E-state index in [-0.39, 0.29) is 11.8 Å². The van der Waals surface area contributed by atoms with Gasteiger partial charge in [0, 0.05) is 16.1 Å². The number of halogens is 1. The zero-order valence-electron chi connectivity index (χ0n) is 10.7. The largest absolute Gasteiger partial charge is 0.504 e. The number of methoxy groups -OCH3 is 1. The lowest BCUT2D eigenvalue weighted by Gasteiger charge is -2.29. The molecule has 4 heteroatoms. The average molecular weight is 314 g/mol. The smallest absolute Gasteiger partial charge is 0.163 e. The van der Waals surface area contributed by atoms with Crippen molar-refractivity contribution in [2.75, 3.05) is 7.11 Å². The highest BCUT2D eigenvalue weighted by Gasteiger charge is 2.26. The summed E-state index contributed by atoms with van der Waals surface area (Å²) in [6.07, 6.45) is 6.06. The summed E-state index contributed by atoms with van der Waals surface area (Å²) in [7, 11) is 1.55. The van der Waals surface area contributed by atoms with Crippen molar-refractivity contribution in [3.8, 4) is 11.5 Å². The summed E-state index contributed by atoms with van der Waals surface area (Å²) >= 11 is 3.48. The number of nitrogens with two attached hydrogens (primary N) is 1. The van der Waals surface area contributed by atoms with Gasteiger partial charge >= 0.3 is 0 Å². The number of rotatable bonds is 3. The molecule has 1 fully saturated rings. The predicted octanol–water partition coefficient (Wildman–Crippen LogP) is 3.74. The van der Waals surface area contributed by atoms with Crippen LogP contribution < -0.4 is 10.5 Å². The Kier molecular flexibility index (Phi) is 4.51. The third-order valence-electron chi connectivity index (χ3n) is 3.84. The standard InChI is InChI=1S/C14H20BrNO2/c1-18-11-8-7-10(15)12(14(11)17)13(16)9-5-3-2-4-6-9/h7-9,13,17H,2-6,16H2,1H3/t13-/m0/s1. The third-order valence-corrected chi connectivity index (χ3v) is 4.53. The maximum absolute atomic E-state index is 10.2. The molecule has 0 radical (unpaired) electrons. The molecule has 18 heavy (non-hydrogen) atoms. The number of ether oxygens (including phenoxy) is 1. The fraction of sp³-hybridized carbons (Fsp3) is 0.571. The second-order valence-electron chi connectivity index (χ2n) is 4.94. The summed E-state index contributed by atoms with van der Waals surface area (Å²) in [5.74, 6) is 1.11. The Labute approximate surface area is 116 Å². The molecule has 0 aromatic heterocycles. The summed E-state index contributed by atoms with van der Waals surface area (Å²) < 4.78 is 6.01. The molecule has 3 N–H and O–H groups in total. The molecule has 1 aromatic rings. The summed E-state index contributed by atoms with van der Waals surface area (Å²) in [6, 6.07) is 3.50. The van der Waals surface area contributed by atoms with Gasteiger partial charge in [-0.3, -0.25) is 0 Å². The predicted molar refractivity (Wildman–Crippen MR) is 75.9 cm³/mol. The highest BCUT2D eigenvalue weighted by atomic mass is 79.9. The van der Waals surface area contributed by atoms with Gasteiger partial charge in [0.05, 0.1) is 7.11 Å². The Morgan fingerprint density at radius 1 is 1.33 bits per heavy atom. The molecule has 1 aliphatic rings. The van der Waals surface area contributed by atoms with E-state index in [9.17, 15) is 5.11 Å². The molecule has 3 nitrogen and oxygen atoms in total. The van der Waals surface area contributed by atoms with E-state index in [4.69, 9.17) is 10.5 Å². The van der Waals surface area contributed by atoms with E-state index in [1.165, 1.54) is 19.3 Å². The number of phenols is 1. The monoisotopic (exact) mass is 313 g/mol. The van der Waals surface area contributed by atoms with Gasteiger partial charge < -0.3 is 15.6 Å². The van der Waals surface area contributed by atoms with Crippen LogP contribution in [0.3, 0.4) is 0 Å². The molecule has 1 aromatic carbocycles. The Morgan fingerprint density at radius 3 is 2.61 bits per heavy atom. The first kappa shape index (κ1) is 13.7. The Morgan fingerprint density at radius 2 is 2.00 bits per heavy atom. The van der Waals surface area contributed by atoms with Gasteiger partial charge in [0.2, 0.25) is 0 Å². The van der Waals surface area contributed by atoms with Gasteiger partial charge in [0.1, 0.15) is 0 Å². The van der Waals surface area contributed by atoms with E-state index >= 15 is 0 Å². The first-order valence-electron chi connectivity index (χ1n) is 6.46. The average Bonchev–Trinajstić information content (AvgIpc) is 2.40. The molecule has 1 atom stereocenters. The van der Waals surface area contributed by atoms with Crippen LogP contribution in [0.5, 0.6) is 11.5 Å². The summed E-state index contributed by atoms with van der Waals surface area (Å²) in [6.45, 7) is 0. The van der Waals surface area contributed by atoms with Crippen molar-refractivity contribution in [2.45, 2.75) is 38.1 Å². The molecule has 0 amide bonds. The van der Waals surface area contributed by atoms with E-state index in [0.29, 0.717) is 11.7 Å². The van der Waals surface area contributed by atoms with Gasteiger partial charge in [-0.25, -0.2) is 0 Å². The minimum atomic E-state index is -0.130. The van der Waals surface area contributed by atoms with Crippen molar-refractivity contribution >= 4 is 15.9 Å². The third kappa shape index (κ3) is 2.64. The van der Waals surface area contributed by atoms with Gasteiger partial charge in [0.15, 0.2) is 11.5 Å². The first-order valence-corrected chi connectivity index (χ1v) is 7.25. The van der Waals surface area contributed by atoms with Crippen molar-refractivity contribution in [1.29, 1.82) is 0 Å². The number of aromatic hydroxyl groups is 1. The van der Waals surface area contributed by atoms with Crippen LogP contribution >= 0.6 is 15.9 Å². The molecule has 1 aliphatic carbocycles. The van der Waals surface area contributed by atoms with E-state index < -0.39 is 0 Å². The van der Waals surface area contributed by atoms with Crippen LogP contribution in [-0.4, -0.2) is 12.2 Å². The zero-order valence-corrected chi connectivity index (χ0v) is 12.2. The van der Waals surface area contributed by atoms with E-state index in [1.807, 2.05) is 6.07 Å². The minimum absolute atomic E-state index is 0.130. The number of benzene rings is 1. The Balaban J connectivity index is 2.30. The van der Waals surface area contributed by atoms with Crippen molar-refractivity contribution < 1.29 is 9.84 Å². The van der Waals surface area contributed by atoms with Crippen molar-refractivity contribution in [3.05, 3.63) is 22.2 Å². The van der Waals surface area contributed by atoms with Gasteiger partial charge in [-0.15, -0.1) is 0 Å². The number of hydrogen-bond donors (Lipinski definition) is 2. The van der Waals surface area contributed by atoms with Crippen molar-refractivity contribution in [3.63, 3.8) is 0 Å². The molecule has 0 aliphatic heterocycles. The zero-order chi connectivity index (χ0) is 13.1. The molecule has 0 bridgehead atoms. The summed E-state index contributed by atoms with van der Waals surface area (Å²) in [4.78, 5) is 0. The fourth-order valence-corrected chi connectivity index (χ4v) is 3.36. The lowest BCUT2D eigenvalue weighted by Crippen LogP contribution is -2.24. The maximum atomic E-state index is 10.2. The number of hydrogen-bond acceptors (Lipinski definition) is 3. The first-order chi connectivity index (χ1) is 8.65. The summed E-state index contributed by atoms with van der Waals surface area (Å²) in [5.41, 5.74) is 7.13. The van der Waals surface area contributed by atoms with E-state index in [2.05, 4.69) is 15.9 Å². The molecule has 2 rings (SSSR count). The topological polar surface area (TPSA) is 55.5 Å². The maximum Gasteiger partial charge on any atom is 0.163 e. The van der Waals surface area contributed by atoms with Crippen LogP contribution in [0.2, 0.25) is 0 Å². The van der Waals surface area contributed by atoms with Crippen LogP contribution in [-0.2, 0) is 0 Å². The molecule has 0 heterocycles. The lowest BCUT2D eigenvalue weighted by molar-refractivity contribution is 0.298. The molecule has 0 spiro atoms. The molecule has 1 saturated carbocycles. The van der Waals surface area contributed by atoms with Crippen LogP contribution in [0.1, 0.15) is 43.7 Å². The van der Waals surface area contributed by atoms with Gasteiger partial charge in [-0.05, 0) is 30.9 Å². The highest BCUT2D eigenvalue weighted by molar-refractivity contribution is 9.10. The molecule has 100 valence electrons. The molecule has 0 saturated heterocycles. The normalized spacial score (nSPS) is 18.6. The Hall–Kier alpha value is -0.740. The Bertz CT molecular complexity index is 417. The van der Waals surface area contributed by atoms with Crippen molar-refractivity contribution in [1.82, 2.24) is 0 Å². The number of phenolic OH excluding ortho intramolecular Hbond substituents is 1. The van der Waals surface area contributed by atoms with Crippen LogP contribution in [0.4, 0.5) is 0 Å². The molecular weight excluding hydrogens is 294 g/mol. The van der Waals surface area contributed by atoms with Crippen LogP contribution in [0, 0.1) is 5.92 Å². The van der Waals surface area contributed by atoms with Crippen LogP contribution in [0.25, 0.3) is 0 Å². The quantitative estimate of drug-likeness (QED) is 0.893. The highest BCUT2D eigenvalue weighted by Crippen LogP contribution is 2.43. The van der Waals surface area contributed by atoms with Gasteiger partial charge in [0.25, 0.3) is 0 Å². The SMILES string of the molecule is COc1ccc(Br)c([C@@H](N)C2CCCCC2)c1O. The molecular formula is C14H20BrNO2.